The Morgan fingerprint density at radius 1 is 0.909 bits per heavy atom. The van der Waals surface area contributed by atoms with Gasteiger partial charge in [0.05, 0.1) is 22.0 Å². The van der Waals surface area contributed by atoms with Crippen LogP contribution in [0.1, 0.15) is 21.5 Å². The van der Waals surface area contributed by atoms with Crippen molar-refractivity contribution in [3.63, 3.8) is 0 Å². The number of rotatable bonds is 4. The van der Waals surface area contributed by atoms with Crippen LogP contribution in [0.2, 0.25) is 5.02 Å². The maximum Gasteiger partial charge on any atom is 0.257 e. The molecule has 0 radical (unpaired) electrons. The van der Waals surface area contributed by atoms with E-state index in [0.717, 1.165) is 59.8 Å². The molecule has 0 saturated carbocycles. The summed E-state index contributed by atoms with van der Waals surface area (Å²) in [6, 6.07) is 15.5. The van der Waals surface area contributed by atoms with Gasteiger partial charge in [0.15, 0.2) is 0 Å². The van der Waals surface area contributed by atoms with Crippen molar-refractivity contribution in [2.75, 3.05) is 54.9 Å². The minimum Gasteiger partial charge on any atom is -0.399 e. The Labute approximate surface area is 200 Å². The zero-order valence-electron chi connectivity index (χ0n) is 19.3. The largest absolute Gasteiger partial charge is 0.399 e. The number of carbonyl (C=O) groups excluding carboxylic acids is 1. The summed E-state index contributed by atoms with van der Waals surface area (Å²) < 4.78 is 0. The molecule has 0 unspecified atom stereocenters. The Morgan fingerprint density at radius 3 is 2.21 bits per heavy atom. The number of halogens is 1. The van der Waals surface area contributed by atoms with E-state index in [0.29, 0.717) is 22.0 Å². The second-order valence-electron chi connectivity index (χ2n) is 8.68. The quantitative estimate of drug-likeness (QED) is 0.484. The maximum atomic E-state index is 13.3. The highest BCUT2D eigenvalue weighted by molar-refractivity contribution is 6.35. The van der Waals surface area contributed by atoms with Gasteiger partial charge < -0.3 is 26.6 Å². The fourth-order valence-electron chi connectivity index (χ4n) is 4.08. The standard InChI is InChI=1S/C26H30ClN5O/c1-16-17(2)25(27)21(15-22(16)29)26(33)30-23-14-19(18-4-7-20(28)8-5-18)6-9-24(23)32-12-10-31(3)11-13-32/h4-9,14-15H,10-13,28-29H2,1-3H3,(H,30,33). The van der Waals surface area contributed by atoms with Gasteiger partial charge in [0, 0.05) is 37.6 Å². The molecule has 7 heteroatoms. The van der Waals surface area contributed by atoms with Crippen LogP contribution >= 0.6 is 11.6 Å². The van der Waals surface area contributed by atoms with Gasteiger partial charge in [-0.05, 0) is 73.5 Å². The number of nitrogens with one attached hydrogen (secondary N) is 1. The van der Waals surface area contributed by atoms with Crippen LogP contribution in [0.4, 0.5) is 22.7 Å². The molecule has 1 fully saturated rings. The normalized spacial score (nSPS) is 14.4. The monoisotopic (exact) mass is 463 g/mol. The molecule has 0 spiro atoms. The summed E-state index contributed by atoms with van der Waals surface area (Å²) in [6.45, 7) is 7.48. The molecule has 3 aromatic carbocycles. The fourth-order valence-corrected chi connectivity index (χ4v) is 4.36. The SMILES string of the molecule is Cc1c(N)cc(C(=O)Nc2cc(-c3ccc(N)cc3)ccc2N2CCN(C)CC2)c(Cl)c1C. The first-order valence-electron chi connectivity index (χ1n) is 11.0. The van der Waals surface area contributed by atoms with E-state index in [2.05, 4.69) is 34.3 Å². The predicted molar refractivity (Wildman–Crippen MR) is 139 cm³/mol. The van der Waals surface area contributed by atoms with Gasteiger partial charge in [0.1, 0.15) is 0 Å². The van der Waals surface area contributed by atoms with E-state index in [1.807, 2.05) is 44.2 Å². The molecule has 5 N–H and O–H groups in total. The van der Waals surface area contributed by atoms with E-state index in [4.69, 9.17) is 23.1 Å². The highest BCUT2D eigenvalue weighted by Crippen LogP contribution is 2.34. The number of anilines is 4. The van der Waals surface area contributed by atoms with Crippen molar-refractivity contribution in [3.05, 3.63) is 70.2 Å². The molecule has 0 bridgehead atoms. The topological polar surface area (TPSA) is 87.6 Å². The summed E-state index contributed by atoms with van der Waals surface area (Å²) in [6.07, 6.45) is 0. The van der Waals surface area contributed by atoms with Gasteiger partial charge >= 0.3 is 0 Å². The number of hydrogen-bond donors (Lipinski definition) is 3. The Morgan fingerprint density at radius 2 is 1.55 bits per heavy atom. The molecule has 0 aliphatic carbocycles. The molecule has 0 aromatic heterocycles. The van der Waals surface area contributed by atoms with Crippen LogP contribution in [0.25, 0.3) is 11.1 Å². The number of carbonyl (C=O) groups is 1. The molecular weight excluding hydrogens is 434 g/mol. The van der Waals surface area contributed by atoms with Crippen molar-refractivity contribution >= 4 is 40.3 Å². The number of piperazine rings is 1. The molecule has 6 nitrogen and oxygen atoms in total. The summed E-state index contributed by atoms with van der Waals surface area (Å²) in [5, 5.41) is 3.54. The lowest BCUT2D eigenvalue weighted by atomic mass is 10.0. The van der Waals surface area contributed by atoms with Crippen LogP contribution in [0.3, 0.4) is 0 Å². The minimum absolute atomic E-state index is 0.278. The zero-order valence-corrected chi connectivity index (χ0v) is 20.0. The van der Waals surface area contributed by atoms with Crippen LogP contribution in [-0.4, -0.2) is 44.0 Å². The summed E-state index contributed by atoms with van der Waals surface area (Å²) in [5.74, 6) is -0.278. The first-order chi connectivity index (χ1) is 15.7. The summed E-state index contributed by atoms with van der Waals surface area (Å²) in [4.78, 5) is 17.9. The molecule has 0 atom stereocenters. The average molecular weight is 464 g/mol. The smallest absolute Gasteiger partial charge is 0.257 e. The van der Waals surface area contributed by atoms with Gasteiger partial charge in [0.2, 0.25) is 0 Å². The maximum absolute atomic E-state index is 13.3. The van der Waals surface area contributed by atoms with Gasteiger partial charge in [-0.2, -0.15) is 0 Å². The summed E-state index contributed by atoms with van der Waals surface area (Å²) >= 11 is 6.53. The second kappa shape index (κ2) is 9.33. The van der Waals surface area contributed by atoms with Crippen molar-refractivity contribution < 1.29 is 4.79 Å². The van der Waals surface area contributed by atoms with Gasteiger partial charge in [-0.3, -0.25) is 4.79 Å². The lowest BCUT2D eigenvalue weighted by Gasteiger charge is -2.35. The lowest BCUT2D eigenvalue weighted by Crippen LogP contribution is -2.44. The van der Waals surface area contributed by atoms with E-state index in [9.17, 15) is 4.79 Å². The number of benzene rings is 3. The second-order valence-corrected chi connectivity index (χ2v) is 9.05. The summed E-state index contributed by atoms with van der Waals surface area (Å²) in [7, 11) is 2.12. The number of nitrogens with two attached hydrogens (primary N) is 2. The molecule has 1 aliphatic rings. The van der Waals surface area contributed by atoms with Crippen LogP contribution in [-0.2, 0) is 0 Å². The first kappa shape index (κ1) is 23.0. The predicted octanol–water partition coefficient (Wildman–Crippen LogP) is 4.79. The molecule has 1 aliphatic heterocycles. The molecule has 33 heavy (non-hydrogen) atoms. The molecule has 172 valence electrons. The van der Waals surface area contributed by atoms with Crippen molar-refractivity contribution in [3.8, 4) is 11.1 Å². The average Bonchev–Trinajstić information content (AvgIpc) is 2.81. The molecule has 3 aromatic rings. The zero-order chi connectivity index (χ0) is 23.7. The molecule has 1 heterocycles. The Hall–Kier alpha value is -3.22. The number of likely N-dealkylation sites (N-methyl/N-ethyl adjacent to an activating group) is 1. The van der Waals surface area contributed by atoms with Crippen LogP contribution in [0.5, 0.6) is 0 Å². The van der Waals surface area contributed by atoms with Crippen LogP contribution in [0, 0.1) is 13.8 Å². The van der Waals surface area contributed by atoms with Gasteiger partial charge in [-0.1, -0.05) is 29.8 Å². The van der Waals surface area contributed by atoms with Gasteiger partial charge in [0.25, 0.3) is 5.91 Å². The van der Waals surface area contributed by atoms with Gasteiger partial charge in [-0.25, -0.2) is 0 Å². The first-order valence-corrected chi connectivity index (χ1v) is 11.4. The molecular formula is C26H30ClN5O. The minimum atomic E-state index is -0.278. The van der Waals surface area contributed by atoms with Crippen molar-refractivity contribution in [1.29, 1.82) is 0 Å². The van der Waals surface area contributed by atoms with E-state index in [-0.39, 0.29) is 5.91 Å². The van der Waals surface area contributed by atoms with E-state index < -0.39 is 0 Å². The summed E-state index contributed by atoms with van der Waals surface area (Å²) in [5.41, 5.74) is 19.1. The number of nitrogens with zero attached hydrogens (tertiary/aromatic N) is 2. The lowest BCUT2D eigenvalue weighted by molar-refractivity contribution is 0.102. The third kappa shape index (κ3) is 4.77. The Balaban J connectivity index is 1.73. The number of nitrogen functional groups attached to an aromatic ring is 2. The molecule has 1 amide bonds. The van der Waals surface area contributed by atoms with E-state index in [1.165, 1.54) is 0 Å². The third-order valence-corrected chi connectivity index (χ3v) is 6.93. The molecule has 1 saturated heterocycles. The van der Waals surface area contributed by atoms with Gasteiger partial charge in [-0.15, -0.1) is 0 Å². The van der Waals surface area contributed by atoms with Crippen molar-refractivity contribution in [2.24, 2.45) is 0 Å². The van der Waals surface area contributed by atoms with Crippen molar-refractivity contribution in [2.45, 2.75) is 13.8 Å². The molecule has 4 rings (SSSR count). The third-order valence-electron chi connectivity index (χ3n) is 6.44. The number of amides is 1. The van der Waals surface area contributed by atoms with Crippen LogP contribution in [0.15, 0.2) is 48.5 Å². The Bertz CT molecular complexity index is 1180. The van der Waals surface area contributed by atoms with E-state index in [1.54, 1.807) is 6.07 Å². The van der Waals surface area contributed by atoms with E-state index >= 15 is 0 Å². The highest BCUT2D eigenvalue weighted by Gasteiger charge is 2.21. The Kier molecular flexibility index (Phi) is 6.49. The fraction of sp³-hybridized carbons (Fsp3) is 0.269. The number of hydrogen-bond acceptors (Lipinski definition) is 5. The van der Waals surface area contributed by atoms with Crippen LogP contribution < -0.4 is 21.7 Å². The highest BCUT2D eigenvalue weighted by atomic mass is 35.5. The van der Waals surface area contributed by atoms with Crippen molar-refractivity contribution in [1.82, 2.24) is 4.90 Å².